The van der Waals surface area contributed by atoms with Crippen molar-refractivity contribution in [1.29, 1.82) is 0 Å². The average Bonchev–Trinajstić information content (AvgIpc) is 1.80. The molecule has 0 aromatic heterocycles. The molecule has 0 spiro atoms. The Labute approximate surface area is 120 Å². The zero-order valence-electron chi connectivity index (χ0n) is 6.43. The van der Waals surface area contributed by atoms with Crippen LogP contribution in [0.4, 0.5) is 0 Å². The molecule has 0 saturated heterocycles. The normalized spacial score (nSPS) is 8.00. The number of carboxylic acid groups (broad SMARTS) is 1. The Morgan fingerprint density at radius 3 is 2.50 bits per heavy atom. The van der Waals surface area contributed by atoms with Crippen molar-refractivity contribution < 1.29 is 78.8 Å². The van der Waals surface area contributed by atoms with E-state index < -0.39 is 5.97 Å². The summed E-state index contributed by atoms with van der Waals surface area (Å²) in [6.45, 7) is 3.51. The Hall–Kier alpha value is 1.26. The maximum atomic E-state index is 9.83. The summed E-state index contributed by atoms with van der Waals surface area (Å²) in [5.41, 5.74) is 0. The van der Waals surface area contributed by atoms with Crippen LogP contribution in [0.5, 0.6) is 0 Å². The molecule has 0 bridgehead atoms. The first-order valence-corrected chi connectivity index (χ1v) is 3.08. The first kappa shape index (κ1) is 13.8. The van der Waals surface area contributed by atoms with Gasteiger partial charge in [0.2, 0.25) is 0 Å². The van der Waals surface area contributed by atoms with Gasteiger partial charge in [-0.15, -0.1) is 6.58 Å². The molecule has 0 unspecified atom stereocenters. The molecule has 10 heavy (non-hydrogen) atoms. The van der Waals surface area contributed by atoms with Gasteiger partial charge < -0.3 is 9.90 Å². The number of unbranched alkanes of at least 4 members (excludes halogenated alkanes) is 2. The molecular weight excluding hydrogens is 249 g/mol. The number of rotatable bonds is 5. The molecule has 0 heterocycles. The van der Waals surface area contributed by atoms with Crippen molar-refractivity contribution in [1.82, 2.24) is 0 Å². The Kier molecular flexibility index (Phi) is 14.2. The van der Waals surface area contributed by atoms with Gasteiger partial charge in [0, 0.05) is 5.97 Å². The predicted octanol–water partition coefficient (Wildman–Crippen LogP) is -2.51. The third-order valence-electron chi connectivity index (χ3n) is 1.04. The van der Waals surface area contributed by atoms with E-state index >= 15 is 0 Å². The molecule has 0 aliphatic carbocycles. The van der Waals surface area contributed by atoms with Gasteiger partial charge in [-0.3, -0.25) is 0 Å². The maximum Gasteiger partial charge on any atom is 1.00 e. The van der Waals surface area contributed by atoms with E-state index in [0.29, 0.717) is 6.42 Å². The number of allylic oxidation sites excluding steroid dienone is 1. The molecule has 0 amide bonds. The third-order valence-corrected chi connectivity index (χ3v) is 1.04. The van der Waals surface area contributed by atoms with Crippen LogP contribution in [-0.4, -0.2) is 5.97 Å². The summed E-state index contributed by atoms with van der Waals surface area (Å²) in [6, 6.07) is 0. The molecule has 52 valence electrons. The first-order chi connectivity index (χ1) is 4.27. The van der Waals surface area contributed by atoms with E-state index in [9.17, 15) is 9.90 Å². The standard InChI is InChI=1S/C7H12O2.Cs/c1-2-3-4-5-6-7(8)9;/h2H,1,3-6H2,(H,8,9);/q;+1/p-1. The molecule has 0 rings (SSSR count). The van der Waals surface area contributed by atoms with E-state index in [4.69, 9.17) is 0 Å². The summed E-state index contributed by atoms with van der Waals surface area (Å²) in [5, 5.41) is 9.83. The molecule has 2 nitrogen and oxygen atoms in total. The zero-order chi connectivity index (χ0) is 7.11. The fraction of sp³-hybridized carbons (Fsp3) is 0.571. The maximum absolute atomic E-state index is 9.83. The number of hydrogen-bond donors (Lipinski definition) is 0. The molecule has 0 radical (unpaired) electrons. The van der Waals surface area contributed by atoms with Crippen molar-refractivity contribution in [2.24, 2.45) is 0 Å². The van der Waals surface area contributed by atoms with Crippen LogP contribution >= 0.6 is 0 Å². The van der Waals surface area contributed by atoms with Crippen LogP contribution in [0.15, 0.2) is 12.7 Å². The number of hydrogen-bond acceptors (Lipinski definition) is 2. The predicted molar refractivity (Wildman–Crippen MR) is 33.7 cm³/mol. The summed E-state index contributed by atoms with van der Waals surface area (Å²) < 4.78 is 0. The van der Waals surface area contributed by atoms with Crippen molar-refractivity contribution in [2.75, 3.05) is 0 Å². The second-order valence-corrected chi connectivity index (χ2v) is 1.91. The van der Waals surface area contributed by atoms with Gasteiger partial charge in [0.25, 0.3) is 0 Å². The van der Waals surface area contributed by atoms with Crippen LogP contribution in [0.25, 0.3) is 0 Å². The van der Waals surface area contributed by atoms with Crippen molar-refractivity contribution in [3.8, 4) is 0 Å². The SMILES string of the molecule is C=CCCCCC(=O)[O-].[Cs+]. The van der Waals surface area contributed by atoms with Crippen molar-refractivity contribution in [3.63, 3.8) is 0 Å². The van der Waals surface area contributed by atoms with Gasteiger partial charge in [0.15, 0.2) is 0 Å². The van der Waals surface area contributed by atoms with E-state index in [1.165, 1.54) is 0 Å². The molecule has 0 fully saturated rings. The van der Waals surface area contributed by atoms with Gasteiger partial charge in [-0.05, 0) is 25.7 Å². The number of carbonyl (C=O) groups is 1. The number of carboxylic acids is 1. The van der Waals surface area contributed by atoms with Crippen molar-refractivity contribution in [3.05, 3.63) is 12.7 Å². The largest absolute Gasteiger partial charge is 1.00 e. The zero-order valence-corrected chi connectivity index (χ0v) is 12.7. The Balaban J connectivity index is 0. The number of aliphatic carboxylic acids is 1. The quantitative estimate of drug-likeness (QED) is 0.404. The van der Waals surface area contributed by atoms with E-state index in [1.54, 1.807) is 6.08 Å². The van der Waals surface area contributed by atoms with Crippen LogP contribution in [0.2, 0.25) is 0 Å². The Bertz CT molecular complexity index is 102. The number of carbonyl (C=O) groups excluding carboxylic acids is 1. The molecule has 0 atom stereocenters. The fourth-order valence-corrected chi connectivity index (χ4v) is 0.558. The Morgan fingerprint density at radius 2 is 2.10 bits per heavy atom. The molecule has 0 aromatic rings. The molecule has 0 aliphatic rings. The van der Waals surface area contributed by atoms with E-state index in [2.05, 4.69) is 6.58 Å². The summed E-state index contributed by atoms with van der Waals surface area (Å²) >= 11 is 0. The Morgan fingerprint density at radius 1 is 1.50 bits per heavy atom. The van der Waals surface area contributed by atoms with Gasteiger partial charge in [0.1, 0.15) is 0 Å². The molecule has 0 aromatic carbocycles. The second kappa shape index (κ2) is 10.3. The average molecular weight is 260 g/mol. The van der Waals surface area contributed by atoms with Crippen molar-refractivity contribution in [2.45, 2.75) is 25.7 Å². The molecular formula is C7H11CsO2. The van der Waals surface area contributed by atoms with Crippen LogP contribution in [-0.2, 0) is 4.79 Å². The minimum absolute atomic E-state index is 0. The molecule has 3 heteroatoms. The van der Waals surface area contributed by atoms with Gasteiger partial charge >= 0.3 is 68.9 Å². The minimum atomic E-state index is -0.959. The van der Waals surface area contributed by atoms with Gasteiger partial charge in [-0.2, -0.15) is 0 Å². The summed E-state index contributed by atoms with van der Waals surface area (Å²) in [4.78, 5) is 9.83. The summed E-state index contributed by atoms with van der Waals surface area (Å²) in [5.74, 6) is -0.959. The summed E-state index contributed by atoms with van der Waals surface area (Å²) in [6.07, 6.45) is 4.46. The van der Waals surface area contributed by atoms with E-state index in [1.807, 2.05) is 0 Å². The minimum Gasteiger partial charge on any atom is -0.550 e. The fourth-order valence-electron chi connectivity index (χ4n) is 0.558. The van der Waals surface area contributed by atoms with E-state index in [-0.39, 0.29) is 75.3 Å². The van der Waals surface area contributed by atoms with Crippen LogP contribution < -0.4 is 74.0 Å². The van der Waals surface area contributed by atoms with Crippen LogP contribution in [0.3, 0.4) is 0 Å². The monoisotopic (exact) mass is 260 g/mol. The van der Waals surface area contributed by atoms with Gasteiger partial charge in [-0.1, -0.05) is 6.08 Å². The first-order valence-electron chi connectivity index (χ1n) is 3.08. The van der Waals surface area contributed by atoms with Gasteiger partial charge in [-0.25, -0.2) is 0 Å². The summed E-state index contributed by atoms with van der Waals surface area (Å²) in [7, 11) is 0. The van der Waals surface area contributed by atoms with Crippen LogP contribution in [0.1, 0.15) is 25.7 Å². The third kappa shape index (κ3) is 12.0. The second-order valence-electron chi connectivity index (χ2n) is 1.91. The smallest absolute Gasteiger partial charge is 0.550 e. The molecule has 0 aliphatic heterocycles. The van der Waals surface area contributed by atoms with Gasteiger partial charge in [0.05, 0.1) is 0 Å². The molecule has 0 N–H and O–H groups in total. The van der Waals surface area contributed by atoms with E-state index in [0.717, 1.165) is 12.8 Å². The molecule has 0 saturated carbocycles. The topological polar surface area (TPSA) is 40.1 Å². The van der Waals surface area contributed by atoms with Crippen LogP contribution in [0, 0.1) is 0 Å². The van der Waals surface area contributed by atoms with Crippen molar-refractivity contribution >= 4 is 5.97 Å².